The van der Waals surface area contributed by atoms with Crippen molar-refractivity contribution in [2.45, 2.75) is 13.8 Å². The van der Waals surface area contributed by atoms with Crippen LogP contribution in [0.15, 0.2) is 12.3 Å². The molecule has 0 bridgehead atoms. The molecule has 0 amide bonds. The van der Waals surface area contributed by atoms with Crippen LogP contribution in [-0.2, 0) is 4.74 Å². The molecule has 0 unspecified atom stereocenters. The van der Waals surface area contributed by atoms with Gasteiger partial charge in [0.2, 0.25) is 0 Å². The third-order valence-corrected chi connectivity index (χ3v) is 2.01. The van der Waals surface area contributed by atoms with Crippen molar-refractivity contribution >= 4 is 5.82 Å². The molecule has 0 atom stereocenters. The lowest BCUT2D eigenvalue weighted by atomic mass is 10.1. The summed E-state index contributed by atoms with van der Waals surface area (Å²) in [6, 6.07) is 3.96. The third-order valence-electron chi connectivity index (χ3n) is 2.01. The summed E-state index contributed by atoms with van der Waals surface area (Å²) in [7, 11) is 0. The van der Waals surface area contributed by atoms with Crippen LogP contribution in [0, 0.1) is 18.3 Å². The number of anilines is 1. The van der Waals surface area contributed by atoms with Gasteiger partial charge in [-0.3, -0.25) is 0 Å². The van der Waals surface area contributed by atoms with E-state index in [-0.39, 0.29) is 0 Å². The Morgan fingerprint density at radius 2 is 2.40 bits per heavy atom. The van der Waals surface area contributed by atoms with Crippen molar-refractivity contribution < 1.29 is 4.74 Å². The lowest BCUT2D eigenvalue weighted by Crippen LogP contribution is -2.11. The fraction of sp³-hybridized carbons (Fsp3) is 0.455. The molecule has 1 rings (SSSR count). The van der Waals surface area contributed by atoms with E-state index in [1.807, 2.05) is 19.9 Å². The van der Waals surface area contributed by atoms with E-state index < -0.39 is 0 Å². The number of hydrogen-bond acceptors (Lipinski definition) is 4. The van der Waals surface area contributed by atoms with Gasteiger partial charge in [-0.1, -0.05) is 0 Å². The highest BCUT2D eigenvalue weighted by Gasteiger charge is 2.04. The summed E-state index contributed by atoms with van der Waals surface area (Å²) in [5, 5.41) is 12.0. The second-order valence-corrected chi connectivity index (χ2v) is 3.09. The van der Waals surface area contributed by atoms with Crippen molar-refractivity contribution in [3.8, 4) is 6.07 Å². The van der Waals surface area contributed by atoms with Crippen molar-refractivity contribution in [1.29, 1.82) is 5.26 Å². The number of aromatic nitrogens is 1. The highest BCUT2D eigenvalue weighted by molar-refractivity contribution is 5.55. The van der Waals surface area contributed by atoms with Gasteiger partial charge in [0.05, 0.1) is 12.2 Å². The number of aryl methyl sites for hydroxylation is 1. The minimum absolute atomic E-state index is 0.606. The molecule has 0 aliphatic carbocycles. The summed E-state index contributed by atoms with van der Waals surface area (Å²) >= 11 is 0. The van der Waals surface area contributed by atoms with Crippen LogP contribution in [0.2, 0.25) is 0 Å². The predicted octanol–water partition coefficient (Wildman–Crippen LogP) is 1.71. The molecule has 0 aliphatic heterocycles. The molecule has 0 spiro atoms. The fourth-order valence-electron chi connectivity index (χ4n) is 1.22. The molecule has 0 saturated heterocycles. The molecule has 1 heterocycles. The van der Waals surface area contributed by atoms with E-state index in [2.05, 4.69) is 16.4 Å². The highest BCUT2D eigenvalue weighted by Crippen LogP contribution is 2.14. The monoisotopic (exact) mass is 205 g/mol. The van der Waals surface area contributed by atoms with E-state index in [4.69, 9.17) is 10.00 Å². The van der Waals surface area contributed by atoms with Crippen LogP contribution in [-0.4, -0.2) is 24.7 Å². The van der Waals surface area contributed by atoms with Crippen LogP contribution in [0.25, 0.3) is 0 Å². The number of rotatable bonds is 5. The maximum atomic E-state index is 8.94. The SMILES string of the molecule is CCOCCNc1nccc(C)c1C#N. The molecular weight excluding hydrogens is 190 g/mol. The first-order valence-electron chi connectivity index (χ1n) is 4.97. The van der Waals surface area contributed by atoms with Crippen LogP contribution >= 0.6 is 0 Å². The minimum atomic E-state index is 0.606. The van der Waals surface area contributed by atoms with Gasteiger partial charge in [0.15, 0.2) is 0 Å². The van der Waals surface area contributed by atoms with Crippen molar-refractivity contribution in [3.05, 3.63) is 23.4 Å². The van der Waals surface area contributed by atoms with E-state index in [0.29, 0.717) is 31.1 Å². The largest absolute Gasteiger partial charge is 0.380 e. The van der Waals surface area contributed by atoms with Gasteiger partial charge in [-0.25, -0.2) is 4.98 Å². The molecule has 0 aromatic carbocycles. The fourth-order valence-corrected chi connectivity index (χ4v) is 1.22. The van der Waals surface area contributed by atoms with E-state index >= 15 is 0 Å². The van der Waals surface area contributed by atoms with Gasteiger partial charge >= 0.3 is 0 Å². The third kappa shape index (κ3) is 3.22. The number of hydrogen-bond donors (Lipinski definition) is 1. The van der Waals surface area contributed by atoms with E-state index in [0.717, 1.165) is 5.56 Å². The zero-order chi connectivity index (χ0) is 11.1. The van der Waals surface area contributed by atoms with Gasteiger partial charge in [0.25, 0.3) is 0 Å². The van der Waals surface area contributed by atoms with Gasteiger partial charge in [-0.15, -0.1) is 0 Å². The standard InChI is InChI=1S/C11H15N3O/c1-3-15-7-6-14-11-10(8-12)9(2)4-5-13-11/h4-5H,3,6-7H2,1-2H3,(H,13,14). The van der Waals surface area contributed by atoms with Gasteiger partial charge in [-0.2, -0.15) is 5.26 Å². The summed E-state index contributed by atoms with van der Waals surface area (Å²) in [4.78, 5) is 4.12. The zero-order valence-electron chi connectivity index (χ0n) is 9.08. The smallest absolute Gasteiger partial charge is 0.144 e. The van der Waals surface area contributed by atoms with Crippen LogP contribution in [0.5, 0.6) is 0 Å². The second kappa shape index (κ2) is 5.99. The molecule has 0 saturated carbocycles. The molecule has 0 fully saturated rings. The molecule has 4 nitrogen and oxygen atoms in total. The normalized spacial score (nSPS) is 9.67. The maximum absolute atomic E-state index is 8.94. The van der Waals surface area contributed by atoms with Gasteiger partial charge in [0, 0.05) is 19.3 Å². The summed E-state index contributed by atoms with van der Waals surface area (Å²) < 4.78 is 5.19. The molecular formula is C11H15N3O. The molecule has 4 heteroatoms. The molecule has 0 radical (unpaired) electrons. The molecule has 1 N–H and O–H groups in total. The van der Waals surface area contributed by atoms with E-state index in [9.17, 15) is 0 Å². The Morgan fingerprint density at radius 3 is 3.07 bits per heavy atom. The number of nitrogens with zero attached hydrogens (tertiary/aromatic N) is 2. The zero-order valence-corrected chi connectivity index (χ0v) is 9.08. The Labute approximate surface area is 89.9 Å². The second-order valence-electron chi connectivity index (χ2n) is 3.09. The Hall–Kier alpha value is -1.60. The van der Waals surface area contributed by atoms with Crippen LogP contribution < -0.4 is 5.32 Å². The summed E-state index contributed by atoms with van der Waals surface area (Å²) in [5.41, 5.74) is 1.54. The Balaban J connectivity index is 2.61. The van der Waals surface area contributed by atoms with Crippen molar-refractivity contribution in [2.75, 3.05) is 25.1 Å². The first-order valence-corrected chi connectivity index (χ1v) is 4.97. The predicted molar refractivity (Wildman–Crippen MR) is 58.7 cm³/mol. The Bertz CT molecular complexity index is 357. The number of ether oxygens (including phenoxy) is 1. The van der Waals surface area contributed by atoms with Gasteiger partial charge < -0.3 is 10.1 Å². The Morgan fingerprint density at radius 1 is 1.60 bits per heavy atom. The quantitative estimate of drug-likeness (QED) is 0.743. The van der Waals surface area contributed by atoms with Crippen molar-refractivity contribution in [2.24, 2.45) is 0 Å². The lowest BCUT2D eigenvalue weighted by molar-refractivity contribution is 0.158. The van der Waals surface area contributed by atoms with Crippen LogP contribution in [0.4, 0.5) is 5.82 Å². The maximum Gasteiger partial charge on any atom is 0.144 e. The average molecular weight is 205 g/mol. The summed E-state index contributed by atoms with van der Waals surface area (Å²) in [5.74, 6) is 0.636. The van der Waals surface area contributed by atoms with Crippen molar-refractivity contribution in [3.63, 3.8) is 0 Å². The molecule has 0 aliphatic rings. The first-order chi connectivity index (χ1) is 7.29. The highest BCUT2D eigenvalue weighted by atomic mass is 16.5. The number of pyridine rings is 1. The summed E-state index contributed by atoms with van der Waals surface area (Å²) in [6.07, 6.45) is 1.69. The van der Waals surface area contributed by atoms with Crippen LogP contribution in [0.3, 0.4) is 0 Å². The lowest BCUT2D eigenvalue weighted by Gasteiger charge is -2.08. The first kappa shape index (κ1) is 11.5. The molecule has 1 aromatic rings. The van der Waals surface area contributed by atoms with Gasteiger partial charge in [-0.05, 0) is 25.5 Å². The number of nitriles is 1. The molecule has 15 heavy (non-hydrogen) atoms. The Kier molecular flexibility index (Phi) is 4.58. The topological polar surface area (TPSA) is 57.9 Å². The minimum Gasteiger partial charge on any atom is -0.380 e. The van der Waals surface area contributed by atoms with E-state index in [1.54, 1.807) is 6.20 Å². The average Bonchev–Trinajstić information content (AvgIpc) is 2.24. The van der Waals surface area contributed by atoms with E-state index in [1.165, 1.54) is 0 Å². The van der Waals surface area contributed by atoms with Crippen molar-refractivity contribution in [1.82, 2.24) is 4.98 Å². The number of nitrogens with one attached hydrogen (secondary N) is 1. The van der Waals surface area contributed by atoms with Crippen LogP contribution in [0.1, 0.15) is 18.1 Å². The molecule has 1 aromatic heterocycles. The summed E-state index contributed by atoms with van der Waals surface area (Å²) in [6.45, 7) is 5.84. The molecule has 80 valence electrons. The van der Waals surface area contributed by atoms with Gasteiger partial charge in [0.1, 0.15) is 11.9 Å².